The van der Waals surface area contributed by atoms with Gasteiger partial charge in [0.25, 0.3) is 0 Å². The molecule has 0 unspecified atom stereocenters. The van der Waals surface area contributed by atoms with Crippen molar-refractivity contribution in [1.29, 1.82) is 0 Å². The number of hydrogen-bond acceptors (Lipinski definition) is 5. The first-order valence-corrected chi connectivity index (χ1v) is 8.82. The summed E-state index contributed by atoms with van der Waals surface area (Å²) in [6.45, 7) is 6.72. The number of anilines is 1. The lowest BCUT2D eigenvalue weighted by Crippen LogP contribution is -2.24. The average molecular weight is 287 g/mol. The van der Waals surface area contributed by atoms with Crippen molar-refractivity contribution in [3.8, 4) is 0 Å². The molecular weight excluding hydrogens is 262 g/mol. The van der Waals surface area contributed by atoms with E-state index in [1.807, 2.05) is 11.8 Å². The Balaban J connectivity index is 2.57. The van der Waals surface area contributed by atoms with Gasteiger partial charge in [0.2, 0.25) is 5.13 Å². The van der Waals surface area contributed by atoms with Crippen LogP contribution in [-0.2, 0) is 5.41 Å². The van der Waals surface area contributed by atoms with Gasteiger partial charge >= 0.3 is 0 Å². The molecule has 0 bridgehead atoms. The topological polar surface area (TPSA) is 51.8 Å². The zero-order valence-electron chi connectivity index (χ0n) is 11.7. The summed E-state index contributed by atoms with van der Waals surface area (Å²) < 4.78 is 0. The van der Waals surface area contributed by atoms with Crippen molar-refractivity contribution in [2.75, 3.05) is 17.2 Å². The largest absolute Gasteiger partial charge is 0.374 e. The molecule has 0 saturated heterocycles. The molecule has 0 fully saturated rings. The second kappa shape index (κ2) is 8.00. The summed E-state index contributed by atoms with van der Waals surface area (Å²) in [5.41, 5.74) is 5.92. The maximum absolute atomic E-state index is 5.72. The molecule has 0 saturated carbocycles. The number of aromatic nitrogens is 2. The maximum Gasteiger partial charge on any atom is 0.203 e. The van der Waals surface area contributed by atoms with E-state index in [4.69, 9.17) is 5.73 Å². The summed E-state index contributed by atoms with van der Waals surface area (Å²) in [4.78, 5) is 0. The van der Waals surface area contributed by atoms with Crippen LogP contribution in [0.25, 0.3) is 0 Å². The van der Waals surface area contributed by atoms with E-state index >= 15 is 0 Å². The molecule has 0 aromatic carbocycles. The number of hydrogen-bond donors (Lipinski definition) is 1. The fraction of sp³-hybridized carbons (Fsp3) is 0.846. The zero-order chi connectivity index (χ0) is 13.4. The predicted molar refractivity (Wildman–Crippen MR) is 83.4 cm³/mol. The molecule has 1 aromatic heterocycles. The lowest BCUT2D eigenvalue weighted by molar-refractivity contribution is 0.350. The molecule has 0 aliphatic carbocycles. The normalized spacial score (nSPS) is 11.9. The van der Waals surface area contributed by atoms with Gasteiger partial charge in [0, 0.05) is 5.41 Å². The molecular formula is C13H25N3S2. The Morgan fingerprint density at radius 3 is 2.39 bits per heavy atom. The standard InChI is InChI=1S/C13H25N3S2/c1-4-13(5-2,9-7-8-10-17-6-3)11-15-16-12(14)18-11/h4-10H2,1-3H3,(H2,14,16). The molecule has 0 radical (unpaired) electrons. The third kappa shape index (κ3) is 4.12. The summed E-state index contributed by atoms with van der Waals surface area (Å²) in [6.07, 6.45) is 6.03. The molecule has 104 valence electrons. The monoisotopic (exact) mass is 287 g/mol. The van der Waals surface area contributed by atoms with Crippen molar-refractivity contribution < 1.29 is 0 Å². The van der Waals surface area contributed by atoms with E-state index in [2.05, 4.69) is 31.0 Å². The van der Waals surface area contributed by atoms with Crippen molar-refractivity contribution in [3.05, 3.63) is 5.01 Å². The molecule has 0 amide bonds. The molecule has 0 aliphatic rings. The van der Waals surface area contributed by atoms with Gasteiger partial charge in [-0.1, -0.05) is 38.5 Å². The van der Waals surface area contributed by atoms with Gasteiger partial charge in [-0.2, -0.15) is 11.8 Å². The molecule has 2 N–H and O–H groups in total. The van der Waals surface area contributed by atoms with Gasteiger partial charge in [0.1, 0.15) is 5.01 Å². The molecule has 3 nitrogen and oxygen atoms in total. The van der Waals surface area contributed by atoms with Crippen molar-refractivity contribution in [2.45, 2.75) is 58.3 Å². The zero-order valence-corrected chi connectivity index (χ0v) is 13.4. The van der Waals surface area contributed by atoms with E-state index in [0.717, 1.165) is 17.8 Å². The van der Waals surface area contributed by atoms with Crippen LogP contribution in [0.4, 0.5) is 5.13 Å². The first-order chi connectivity index (χ1) is 8.68. The first kappa shape index (κ1) is 15.8. The smallest absolute Gasteiger partial charge is 0.203 e. The van der Waals surface area contributed by atoms with Gasteiger partial charge in [-0.15, -0.1) is 10.2 Å². The van der Waals surface area contributed by atoms with Crippen LogP contribution in [0, 0.1) is 0 Å². The molecule has 0 aliphatic heterocycles. The van der Waals surface area contributed by atoms with Gasteiger partial charge in [0.15, 0.2) is 0 Å². The lowest BCUT2D eigenvalue weighted by Gasteiger charge is -2.28. The minimum atomic E-state index is 0.201. The second-order valence-electron chi connectivity index (χ2n) is 4.59. The summed E-state index contributed by atoms with van der Waals surface area (Å²) >= 11 is 3.59. The fourth-order valence-corrected chi connectivity index (χ4v) is 3.94. The van der Waals surface area contributed by atoms with Crippen molar-refractivity contribution in [2.24, 2.45) is 0 Å². The van der Waals surface area contributed by atoms with Crippen LogP contribution in [0.1, 0.15) is 57.9 Å². The number of unbranched alkanes of at least 4 members (excludes halogenated alkanes) is 1. The number of nitrogens with zero attached hydrogens (tertiary/aromatic N) is 2. The van der Waals surface area contributed by atoms with Crippen LogP contribution < -0.4 is 5.73 Å². The quantitative estimate of drug-likeness (QED) is 0.695. The Morgan fingerprint density at radius 1 is 1.17 bits per heavy atom. The first-order valence-electron chi connectivity index (χ1n) is 6.85. The Bertz CT molecular complexity index is 335. The fourth-order valence-electron chi connectivity index (χ4n) is 2.27. The Labute approximate surface area is 119 Å². The van der Waals surface area contributed by atoms with Gasteiger partial charge in [-0.05, 0) is 37.2 Å². The third-order valence-electron chi connectivity index (χ3n) is 3.65. The van der Waals surface area contributed by atoms with E-state index in [0.29, 0.717) is 5.13 Å². The van der Waals surface area contributed by atoms with Crippen LogP contribution >= 0.6 is 23.1 Å². The number of rotatable bonds is 9. The summed E-state index contributed by atoms with van der Waals surface area (Å²) in [6, 6.07) is 0. The highest BCUT2D eigenvalue weighted by atomic mass is 32.2. The number of thioether (sulfide) groups is 1. The van der Waals surface area contributed by atoms with Crippen molar-refractivity contribution in [1.82, 2.24) is 10.2 Å². The van der Waals surface area contributed by atoms with Crippen LogP contribution in [-0.4, -0.2) is 21.7 Å². The second-order valence-corrected chi connectivity index (χ2v) is 6.99. The molecule has 0 spiro atoms. The van der Waals surface area contributed by atoms with Crippen LogP contribution in [0.2, 0.25) is 0 Å². The average Bonchev–Trinajstić information content (AvgIpc) is 2.82. The molecule has 5 heteroatoms. The minimum Gasteiger partial charge on any atom is -0.374 e. The van der Waals surface area contributed by atoms with Crippen molar-refractivity contribution >= 4 is 28.2 Å². The summed E-state index contributed by atoms with van der Waals surface area (Å²) in [7, 11) is 0. The van der Waals surface area contributed by atoms with E-state index in [9.17, 15) is 0 Å². The predicted octanol–water partition coefficient (Wildman–Crippen LogP) is 4.10. The van der Waals surface area contributed by atoms with E-state index in [-0.39, 0.29) is 5.41 Å². The Hall–Kier alpha value is -0.290. The highest BCUT2D eigenvalue weighted by molar-refractivity contribution is 7.99. The van der Waals surface area contributed by atoms with Gasteiger partial charge in [0.05, 0.1) is 0 Å². The summed E-state index contributed by atoms with van der Waals surface area (Å²) in [5.74, 6) is 2.50. The SMILES string of the molecule is CCSCCCCC(CC)(CC)c1nnc(N)s1. The highest BCUT2D eigenvalue weighted by Gasteiger charge is 2.31. The molecule has 1 heterocycles. The molecule has 18 heavy (non-hydrogen) atoms. The number of nitrogens with two attached hydrogens (primary N) is 1. The molecule has 0 atom stereocenters. The maximum atomic E-state index is 5.72. The molecule has 1 aromatic rings. The van der Waals surface area contributed by atoms with Crippen molar-refractivity contribution in [3.63, 3.8) is 0 Å². The van der Waals surface area contributed by atoms with Crippen LogP contribution in [0.3, 0.4) is 0 Å². The van der Waals surface area contributed by atoms with E-state index in [1.165, 1.54) is 30.8 Å². The van der Waals surface area contributed by atoms with Gasteiger partial charge in [-0.3, -0.25) is 0 Å². The van der Waals surface area contributed by atoms with E-state index < -0.39 is 0 Å². The summed E-state index contributed by atoms with van der Waals surface area (Å²) in [5, 5.41) is 9.99. The van der Waals surface area contributed by atoms with E-state index in [1.54, 1.807) is 11.3 Å². The Kier molecular flexibility index (Phi) is 7.00. The highest BCUT2D eigenvalue weighted by Crippen LogP contribution is 2.38. The lowest BCUT2D eigenvalue weighted by atomic mass is 9.78. The molecule has 1 rings (SSSR count). The third-order valence-corrected chi connectivity index (χ3v) is 5.63. The van der Waals surface area contributed by atoms with Crippen LogP contribution in [0.15, 0.2) is 0 Å². The number of nitrogen functional groups attached to an aromatic ring is 1. The Morgan fingerprint density at radius 2 is 1.89 bits per heavy atom. The van der Waals surface area contributed by atoms with Crippen LogP contribution in [0.5, 0.6) is 0 Å². The van der Waals surface area contributed by atoms with Gasteiger partial charge in [-0.25, -0.2) is 0 Å². The minimum absolute atomic E-state index is 0.201. The van der Waals surface area contributed by atoms with Gasteiger partial charge < -0.3 is 5.73 Å².